The third-order valence-corrected chi connectivity index (χ3v) is 3.87. The van der Waals surface area contributed by atoms with E-state index >= 15 is 0 Å². The molecule has 3 aromatic rings. The van der Waals surface area contributed by atoms with E-state index in [1.54, 1.807) is 6.07 Å². The van der Waals surface area contributed by atoms with Crippen LogP contribution in [0.2, 0.25) is 5.15 Å². The van der Waals surface area contributed by atoms with Crippen molar-refractivity contribution < 1.29 is 4.74 Å². The van der Waals surface area contributed by atoms with Gasteiger partial charge >= 0.3 is 0 Å². The Kier molecular flexibility index (Phi) is 4.68. The summed E-state index contributed by atoms with van der Waals surface area (Å²) in [6, 6.07) is 13.4. The molecule has 0 bridgehead atoms. The lowest BCUT2D eigenvalue weighted by Gasteiger charge is -2.21. The van der Waals surface area contributed by atoms with Gasteiger partial charge in [-0.3, -0.25) is 4.79 Å². The van der Waals surface area contributed by atoms with Gasteiger partial charge in [-0.1, -0.05) is 23.7 Å². The first-order chi connectivity index (χ1) is 11.8. The molecule has 0 spiro atoms. The molecule has 130 valence electrons. The summed E-state index contributed by atoms with van der Waals surface area (Å²) in [6.07, 6.45) is 0. The Labute approximate surface area is 151 Å². The fraction of sp³-hybridized carbons (Fsp3) is 0.263. The van der Waals surface area contributed by atoms with Crippen LogP contribution in [0.4, 0.5) is 5.69 Å². The molecule has 0 aliphatic heterocycles. The van der Waals surface area contributed by atoms with Gasteiger partial charge in [-0.05, 0) is 56.7 Å². The van der Waals surface area contributed by atoms with E-state index < -0.39 is 0 Å². The lowest BCUT2D eigenvalue weighted by Crippen LogP contribution is -2.22. The fourth-order valence-electron chi connectivity index (χ4n) is 2.48. The number of rotatable bonds is 4. The number of anilines is 1. The molecule has 2 aromatic carbocycles. The molecule has 0 unspecified atom stereocenters. The first kappa shape index (κ1) is 17.3. The van der Waals surface area contributed by atoms with Crippen molar-refractivity contribution in [2.75, 3.05) is 5.32 Å². The highest BCUT2D eigenvalue weighted by Gasteiger charge is 2.11. The van der Waals surface area contributed by atoms with E-state index in [4.69, 9.17) is 16.3 Å². The summed E-state index contributed by atoms with van der Waals surface area (Å²) in [5.41, 5.74) is 1.53. The summed E-state index contributed by atoms with van der Waals surface area (Å²) in [7, 11) is 0. The van der Waals surface area contributed by atoms with Crippen LogP contribution in [0.25, 0.3) is 10.8 Å². The van der Waals surface area contributed by atoms with Crippen LogP contribution >= 0.6 is 11.6 Å². The summed E-state index contributed by atoms with van der Waals surface area (Å²) >= 11 is 6.07. The topological polar surface area (TPSA) is 67.0 Å². The van der Waals surface area contributed by atoms with Gasteiger partial charge in [-0.25, -0.2) is 5.10 Å². The second-order valence-electron chi connectivity index (χ2n) is 6.82. The highest BCUT2D eigenvalue weighted by Crippen LogP contribution is 2.23. The predicted octanol–water partition coefficient (Wildman–Crippen LogP) is 4.37. The molecule has 0 aliphatic rings. The molecule has 0 saturated heterocycles. The van der Waals surface area contributed by atoms with Gasteiger partial charge < -0.3 is 10.1 Å². The molecule has 0 amide bonds. The molecule has 3 rings (SSSR count). The minimum atomic E-state index is -0.250. The monoisotopic (exact) mass is 357 g/mol. The maximum Gasteiger partial charge on any atom is 0.272 e. The van der Waals surface area contributed by atoms with Crippen LogP contribution in [0.1, 0.15) is 26.3 Å². The number of nitrogens with zero attached hydrogens (tertiary/aromatic N) is 1. The molecule has 0 radical (unpaired) electrons. The van der Waals surface area contributed by atoms with Crippen molar-refractivity contribution in [1.29, 1.82) is 0 Å². The first-order valence-corrected chi connectivity index (χ1v) is 8.39. The molecular formula is C19H20ClN3O2. The molecule has 0 fully saturated rings. The second-order valence-corrected chi connectivity index (χ2v) is 7.17. The Morgan fingerprint density at radius 1 is 1.12 bits per heavy atom. The number of hydrogen-bond acceptors (Lipinski definition) is 4. The van der Waals surface area contributed by atoms with E-state index in [9.17, 15) is 4.79 Å². The van der Waals surface area contributed by atoms with Crippen molar-refractivity contribution in [2.24, 2.45) is 0 Å². The standard InChI is InChI=1S/C19H20ClN3O2/c1-19(2,3)25-14-7-4-12(5-8-14)11-21-13-6-9-15-16(10-13)17(20)22-23-18(15)24/h4-10,21H,11H2,1-3H3,(H,23,24). The summed E-state index contributed by atoms with van der Waals surface area (Å²) < 4.78 is 5.82. The lowest BCUT2D eigenvalue weighted by atomic mass is 10.1. The predicted molar refractivity (Wildman–Crippen MR) is 102 cm³/mol. The maximum absolute atomic E-state index is 11.7. The largest absolute Gasteiger partial charge is 0.488 e. The van der Waals surface area contributed by atoms with E-state index in [1.165, 1.54) is 0 Å². The summed E-state index contributed by atoms with van der Waals surface area (Å²) in [5, 5.41) is 10.9. The zero-order valence-corrected chi connectivity index (χ0v) is 15.1. The number of hydrogen-bond donors (Lipinski definition) is 2. The van der Waals surface area contributed by atoms with Gasteiger partial charge in [-0.15, -0.1) is 0 Å². The molecule has 6 heteroatoms. The molecule has 5 nitrogen and oxygen atoms in total. The van der Waals surface area contributed by atoms with Crippen molar-refractivity contribution in [3.05, 3.63) is 63.5 Å². The van der Waals surface area contributed by atoms with Crippen molar-refractivity contribution in [3.8, 4) is 5.75 Å². The van der Waals surface area contributed by atoms with Crippen LogP contribution in [0, 0.1) is 0 Å². The van der Waals surface area contributed by atoms with E-state index in [2.05, 4.69) is 15.5 Å². The number of H-pyrrole nitrogens is 1. The molecule has 0 aliphatic carbocycles. The molecule has 1 aromatic heterocycles. The molecule has 2 N–H and O–H groups in total. The molecule has 25 heavy (non-hydrogen) atoms. The Morgan fingerprint density at radius 3 is 2.52 bits per heavy atom. The van der Waals surface area contributed by atoms with E-state index in [-0.39, 0.29) is 16.3 Å². The minimum absolute atomic E-state index is 0.212. The lowest BCUT2D eigenvalue weighted by molar-refractivity contribution is 0.131. The van der Waals surface area contributed by atoms with E-state index in [0.29, 0.717) is 17.3 Å². The van der Waals surface area contributed by atoms with Crippen LogP contribution < -0.4 is 15.6 Å². The number of aromatic nitrogens is 2. The van der Waals surface area contributed by atoms with E-state index in [1.807, 2.05) is 57.2 Å². The van der Waals surface area contributed by atoms with E-state index in [0.717, 1.165) is 17.0 Å². The van der Waals surface area contributed by atoms with Crippen LogP contribution in [0.15, 0.2) is 47.3 Å². The number of benzene rings is 2. The minimum Gasteiger partial charge on any atom is -0.488 e. The Balaban J connectivity index is 1.72. The number of fused-ring (bicyclic) bond motifs is 1. The van der Waals surface area contributed by atoms with Gasteiger partial charge in [0.25, 0.3) is 5.56 Å². The maximum atomic E-state index is 11.7. The number of ether oxygens (including phenoxy) is 1. The van der Waals surface area contributed by atoms with Crippen molar-refractivity contribution in [1.82, 2.24) is 10.2 Å². The highest BCUT2D eigenvalue weighted by atomic mass is 35.5. The zero-order chi connectivity index (χ0) is 18.0. The fourth-order valence-corrected chi connectivity index (χ4v) is 2.67. The normalized spacial score (nSPS) is 11.5. The summed E-state index contributed by atoms with van der Waals surface area (Å²) in [6.45, 7) is 6.71. The quantitative estimate of drug-likeness (QED) is 0.727. The first-order valence-electron chi connectivity index (χ1n) is 8.02. The molecular weight excluding hydrogens is 338 g/mol. The number of halogens is 1. The van der Waals surface area contributed by atoms with Crippen LogP contribution in [0.5, 0.6) is 5.75 Å². The zero-order valence-electron chi connectivity index (χ0n) is 14.4. The average molecular weight is 358 g/mol. The number of nitrogens with one attached hydrogen (secondary N) is 2. The summed E-state index contributed by atoms with van der Waals surface area (Å²) in [5.74, 6) is 0.846. The smallest absolute Gasteiger partial charge is 0.272 e. The van der Waals surface area contributed by atoms with Crippen LogP contribution in [-0.2, 0) is 6.54 Å². The Morgan fingerprint density at radius 2 is 1.84 bits per heavy atom. The third-order valence-electron chi connectivity index (χ3n) is 3.59. The summed E-state index contributed by atoms with van der Waals surface area (Å²) in [4.78, 5) is 11.7. The van der Waals surface area contributed by atoms with Crippen molar-refractivity contribution >= 4 is 28.1 Å². The van der Waals surface area contributed by atoms with Crippen molar-refractivity contribution in [2.45, 2.75) is 32.9 Å². The van der Waals surface area contributed by atoms with Gasteiger partial charge in [0.2, 0.25) is 0 Å². The van der Waals surface area contributed by atoms with Gasteiger partial charge in [-0.2, -0.15) is 5.10 Å². The number of aromatic amines is 1. The SMILES string of the molecule is CC(C)(C)Oc1ccc(CNc2ccc3c(=O)[nH]nc(Cl)c3c2)cc1. The van der Waals surface area contributed by atoms with Crippen LogP contribution in [-0.4, -0.2) is 15.8 Å². The molecule has 0 atom stereocenters. The second kappa shape index (κ2) is 6.76. The third kappa shape index (κ3) is 4.31. The Bertz CT molecular complexity index is 944. The Hall–Kier alpha value is -2.53. The van der Waals surface area contributed by atoms with Gasteiger partial charge in [0, 0.05) is 17.6 Å². The van der Waals surface area contributed by atoms with Crippen molar-refractivity contribution in [3.63, 3.8) is 0 Å². The van der Waals surface area contributed by atoms with Gasteiger partial charge in [0.15, 0.2) is 5.15 Å². The van der Waals surface area contributed by atoms with Gasteiger partial charge in [0.05, 0.1) is 5.39 Å². The van der Waals surface area contributed by atoms with Crippen LogP contribution in [0.3, 0.4) is 0 Å². The van der Waals surface area contributed by atoms with Gasteiger partial charge in [0.1, 0.15) is 11.4 Å². The molecule has 1 heterocycles. The molecule has 0 saturated carbocycles. The highest BCUT2D eigenvalue weighted by molar-refractivity contribution is 6.34. The average Bonchev–Trinajstić information content (AvgIpc) is 2.56.